The zero-order valence-electron chi connectivity index (χ0n) is 23.6. The van der Waals surface area contributed by atoms with E-state index in [4.69, 9.17) is 0 Å². The molecule has 0 heterocycles. The molecule has 33 heavy (non-hydrogen) atoms. The van der Waals surface area contributed by atoms with Crippen LogP contribution in [-0.2, 0) is 0 Å². The second kappa shape index (κ2) is 29.9. The first-order valence-electron chi connectivity index (χ1n) is 12.7. The van der Waals surface area contributed by atoms with Crippen molar-refractivity contribution in [2.75, 3.05) is 0 Å². The number of allylic oxidation sites excluding steroid dienone is 4. The Kier molecular flexibility index (Phi) is 34.5. The van der Waals surface area contributed by atoms with Gasteiger partial charge in [-0.05, 0) is 62.3 Å². The summed E-state index contributed by atoms with van der Waals surface area (Å²) in [4.78, 5) is 0. The number of hydrogen-bond donors (Lipinski definition) is 2. The molecule has 0 bridgehead atoms. The molecular weight excluding hydrogens is 407 g/mol. The fourth-order valence-corrected chi connectivity index (χ4v) is 2.72. The van der Waals surface area contributed by atoms with Crippen molar-refractivity contribution in [3.8, 4) is 0 Å². The summed E-state index contributed by atoms with van der Waals surface area (Å²) in [7, 11) is 0. The number of benzene rings is 1. The molecule has 1 rings (SSSR count). The monoisotopic (exact) mass is 462 g/mol. The van der Waals surface area contributed by atoms with Crippen LogP contribution in [-0.4, -0.2) is 0 Å². The lowest BCUT2D eigenvalue weighted by molar-refractivity contribution is 0.342. The van der Waals surface area contributed by atoms with Crippen molar-refractivity contribution < 1.29 is 4.39 Å². The SMILES string of the molecule is C=C.CC.CC.CC.CC/C=C/C(CC(C)C)C(NN/C=C\C=C(C)C)c1ccc(F)cc1. The summed E-state index contributed by atoms with van der Waals surface area (Å²) in [5.74, 6) is 0.704. The van der Waals surface area contributed by atoms with E-state index in [0.29, 0.717) is 11.8 Å². The minimum absolute atomic E-state index is 0.0714. The first kappa shape index (κ1) is 38.1. The fourth-order valence-electron chi connectivity index (χ4n) is 2.72. The standard InChI is InChI=1S/C22H33FN2.3C2H6.C2H4/c1-6-7-10-20(16-18(4)5)22(19-11-13-21(23)14-12-19)25-24-15-8-9-17(2)3;4*1-2/h7-15,18,20,22,24-25H,6,16H2,1-5H3;3*1-2H3;1-2H2/b10-7+,15-8-;;;;. The van der Waals surface area contributed by atoms with Crippen molar-refractivity contribution >= 4 is 0 Å². The Morgan fingerprint density at radius 2 is 1.48 bits per heavy atom. The molecule has 192 valence electrons. The van der Waals surface area contributed by atoms with Crippen molar-refractivity contribution in [2.24, 2.45) is 11.8 Å². The van der Waals surface area contributed by atoms with Gasteiger partial charge in [-0.15, -0.1) is 13.2 Å². The first-order chi connectivity index (χ1) is 15.9. The molecule has 2 N–H and O–H groups in total. The van der Waals surface area contributed by atoms with Gasteiger partial charge in [-0.2, -0.15) is 0 Å². The minimum atomic E-state index is -0.205. The summed E-state index contributed by atoms with van der Waals surface area (Å²) >= 11 is 0. The Hall–Kier alpha value is -2.13. The van der Waals surface area contributed by atoms with E-state index < -0.39 is 0 Å². The number of nitrogens with one attached hydrogen (secondary N) is 2. The Bertz CT molecular complexity index is 582. The Labute approximate surface area is 207 Å². The molecule has 1 aromatic carbocycles. The zero-order chi connectivity index (χ0) is 26.7. The van der Waals surface area contributed by atoms with Crippen LogP contribution in [0, 0.1) is 17.7 Å². The highest BCUT2D eigenvalue weighted by Crippen LogP contribution is 2.29. The largest absolute Gasteiger partial charge is 0.328 e. The third-order valence-corrected chi connectivity index (χ3v) is 3.87. The molecule has 0 fully saturated rings. The molecule has 0 aliphatic rings. The molecule has 2 atom stereocenters. The van der Waals surface area contributed by atoms with Crippen molar-refractivity contribution in [3.05, 3.63) is 84.9 Å². The molecule has 0 radical (unpaired) electrons. The van der Waals surface area contributed by atoms with E-state index in [9.17, 15) is 4.39 Å². The van der Waals surface area contributed by atoms with E-state index in [-0.39, 0.29) is 11.9 Å². The van der Waals surface area contributed by atoms with Crippen LogP contribution in [0.25, 0.3) is 0 Å². The molecule has 0 spiro atoms. The quantitative estimate of drug-likeness (QED) is 0.205. The summed E-state index contributed by atoms with van der Waals surface area (Å²) in [6.07, 6.45) is 12.5. The highest BCUT2D eigenvalue weighted by atomic mass is 19.1. The van der Waals surface area contributed by atoms with E-state index in [1.165, 1.54) is 17.7 Å². The Morgan fingerprint density at radius 1 is 0.970 bits per heavy atom. The van der Waals surface area contributed by atoms with Crippen LogP contribution in [0.15, 0.2) is 73.5 Å². The van der Waals surface area contributed by atoms with Crippen LogP contribution in [0.4, 0.5) is 4.39 Å². The van der Waals surface area contributed by atoms with Gasteiger partial charge in [-0.3, -0.25) is 0 Å². The van der Waals surface area contributed by atoms with Gasteiger partial charge in [0.15, 0.2) is 0 Å². The number of rotatable bonds is 10. The number of halogens is 1. The molecule has 2 nitrogen and oxygen atoms in total. The van der Waals surface area contributed by atoms with Crippen molar-refractivity contribution in [3.63, 3.8) is 0 Å². The Balaban J connectivity index is -0.000000472. The van der Waals surface area contributed by atoms with Gasteiger partial charge in [-0.25, -0.2) is 9.82 Å². The fraction of sp³-hybridized carbons (Fsp3) is 0.533. The van der Waals surface area contributed by atoms with Gasteiger partial charge < -0.3 is 5.43 Å². The molecule has 0 amide bonds. The smallest absolute Gasteiger partial charge is 0.123 e. The van der Waals surface area contributed by atoms with Gasteiger partial charge in [0.1, 0.15) is 5.82 Å². The van der Waals surface area contributed by atoms with Crippen LogP contribution in [0.2, 0.25) is 0 Å². The highest BCUT2D eigenvalue weighted by molar-refractivity contribution is 5.22. The van der Waals surface area contributed by atoms with E-state index in [0.717, 1.165) is 18.4 Å². The first-order valence-corrected chi connectivity index (χ1v) is 12.7. The summed E-state index contributed by atoms with van der Waals surface area (Å²) in [5, 5.41) is 0. The van der Waals surface area contributed by atoms with Crippen LogP contribution in [0.1, 0.15) is 101 Å². The maximum atomic E-state index is 13.3. The van der Waals surface area contributed by atoms with Gasteiger partial charge >= 0.3 is 0 Å². The van der Waals surface area contributed by atoms with Crippen molar-refractivity contribution in [2.45, 2.75) is 95.0 Å². The lowest BCUT2D eigenvalue weighted by Crippen LogP contribution is -2.36. The van der Waals surface area contributed by atoms with Crippen LogP contribution < -0.4 is 10.9 Å². The van der Waals surface area contributed by atoms with Crippen LogP contribution in [0.5, 0.6) is 0 Å². The maximum Gasteiger partial charge on any atom is 0.123 e. The lowest BCUT2D eigenvalue weighted by Gasteiger charge is -2.28. The highest BCUT2D eigenvalue weighted by Gasteiger charge is 2.21. The second-order valence-corrected chi connectivity index (χ2v) is 7.05. The zero-order valence-corrected chi connectivity index (χ0v) is 23.6. The molecule has 0 aliphatic heterocycles. The van der Waals surface area contributed by atoms with Gasteiger partial charge in [-0.1, -0.05) is 98.2 Å². The molecule has 0 aliphatic carbocycles. The maximum absolute atomic E-state index is 13.3. The molecule has 3 heteroatoms. The van der Waals surface area contributed by atoms with Gasteiger partial charge in [0, 0.05) is 6.20 Å². The minimum Gasteiger partial charge on any atom is -0.328 e. The summed E-state index contributed by atoms with van der Waals surface area (Å²) < 4.78 is 13.3. The van der Waals surface area contributed by atoms with Crippen LogP contribution in [0.3, 0.4) is 0 Å². The van der Waals surface area contributed by atoms with Crippen molar-refractivity contribution in [1.82, 2.24) is 10.9 Å². The molecule has 0 aromatic heterocycles. The third-order valence-electron chi connectivity index (χ3n) is 3.87. The van der Waals surface area contributed by atoms with Crippen LogP contribution >= 0.6 is 0 Å². The predicted octanol–water partition coefficient (Wildman–Crippen LogP) is 9.95. The molecule has 2 unspecified atom stereocenters. The summed E-state index contributed by atoms with van der Waals surface area (Å²) in [5.41, 5.74) is 8.91. The number of hydrazine groups is 1. The predicted molar refractivity (Wildman–Crippen MR) is 152 cm³/mol. The van der Waals surface area contributed by atoms with E-state index >= 15 is 0 Å². The van der Waals surface area contributed by atoms with Crippen molar-refractivity contribution in [1.29, 1.82) is 0 Å². The van der Waals surface area contributed by atoms with E-state index in [1.54, 1.807) is 0 Å². The average molecular weight is 463 g/mol. The summed E-state index contributed by atoms with van der Waals surface area (Å²) in [6, 6.07) is 6.85. The second-order valence-electron chi connectivity index (χ2n) is 7.05. The third kappa shape index (κ3) is 22.8. The normalized spacial score (nSPS) is 11.4. The lowest BCUT2D eigenvalue weighted by atomic mass is 9.86. The topological polar surface area (TPSA) is 24.1 Å². The molecule has 0 saturated carbocycles. The van der Waals surface area contributed by atoms with Gasteiger partial charge in [0.25, 0.3) is 0 Å². The molecule has 1 aromatic rings. The average Bonchev–Trinajstić information content (AvgIpc) is 2.84. The molecular formula is C30H55FN2. The van der Waals surface area contributed by atoms with E-state index in [2.05, 4.69) is 70.8 Å². The Morgan fingerprint density at radius 3 is 1.91 bits per heavy atom. The number of hydrogen-bond acceptors (Lipinski definition) is 2. The summed E-state index contributed by atoms with van der Waals surface area (Å²) in [6.45, 7) is 28.7. The van der Waals surface area contributed by atoms with E-state index in [1.807, 2.05) is 72.0 Å². The van der Waals surface area contributed by atoms with Gasteiger partial charge in [0.2, 0.25) is 0 Å². The molecule has 0 saturated heterocycles. The van der Waals surface area contributed by atoms with Gasteiger partial charge in [0.05, 0.1) is 6.04 Å².